The van der Waals surface area contributed by atoms with Gasteiger partial charge in [-0.15, -0.1) is 0 Å². The molecular weight excluding hydrogens is 2120 g/mol. The Labute approximate surface area is 980 Å². The number of ether oxygens (including phenoxy) is 1. The van der Waals surface area contributed by atoms with Gasteiger partial charge in [0, 0.05) is 77.8 Å². The molecule has 0 radical (unpaired) electrons. The van der Waals surface area contributed by atoms with Gasteiger partial charge in [-0.3, -0.25) is 4.79 Å². The Hall–Kier alpha value is -8.69. The van der Waals surface area contributed by atoms with E-state index in [2.05, 4.69) is 549 Å². The van der Waals surface area contributed by atoms with Crippen molar-refractivity contribution in [2.45, 2.75) is 52.5 Å². The van der Waals surface area contributed by atoms with Gasteiger partial charge in [0.05, 0.1) is 0 Å². The summed E-state index contributed by atoms with van der Waals surface area (Å²) in [7, 11) is -1.49. The molecule has 2 N–H and O–H groups in total. The molecule has 2 heterocycles. The van der Waals surface area contributed by atoms with Crippen LogP contribution in [0.1, 0.15) is 14.8 Å². The van der Waals surface area contributed by atoms with Crippen molar-refractivity contribution in [1.29, 1.82) is 0 Å². The van der Waals surface area contributed by atoms with Gasteiger partial charge >= 0.3 is 110 Å². The van der Waals surface area contributed by atoms with E-state index in [1.807, 2.05) is 53.9 Å². The molecule has 2 aliphatic heterocycles. The largest absolute Gasteiger partial charge is 1.00 e. The first kappa shape index (κ1) is 116. The molecule has 0 aliphatic carbocycles. The first-order chi connectivity index (χ1) is 69.6. The number of hydrogen-bond donors (Lipinski definition) is 2. The van der Waals surface area contributed by atoms with Crippen LogP contribution in [0.4, 0.5) is 0 Å². The fraction of sp³-hybridized carbons (Fsp3) is 0.0320. The molecular formula is C125H106BBrK2O6P4PdS4. The molecule has 2 aliphatic rings. The predicted molar refractivity (Wildman–Crippen MR) is 614 cm³/mol. The van der Waals surface area contributed by atoms with Crippen molar-refractivity contribution in [3.8, 4) is 33.4 Å². The molecule has 0 unspecified atom stereocenters. The number of halogens is 1. The molecule has 20 aromatic carbocycles. The maximum atomic E-state index is 9.36. The third-order valence-electron chi connectivity index (χ3n) is 21.7. The molecule has 0 fully saturated rings. The number of rotatable bonds is 19. The molecule has 144 heavy (non-hydrogen) atoms. The summed E-state index contributed by atoms with van der Waals surface area (Å²) < 4.78 is 5.81. The third-order valence-corrected chi connectivity index (χ3v) is 37.3. The standard InChI is InChI=1S/C24H16S2.4C18H15P.C12H9BO2S2.C12H9Br.C4H10O.CH2O3.2K.Pd.H/c1-2-7-17(8-3-1)18-13-15-19(16-14-18)20-9-6-12-23-24(20)26-22-11-5-4-10-21(22)25-23;4*1-4-10-16(11-5-1)19(17-12-6-2-7-13-17)18-14-8-3-9-15-18;14-13(15)8-4-3-7-11-12(8)17-10-6-2-1-5-9(10)16-11;13-12-8-6-11(7-9-12)10-4-2-1-3-5-10;1-3-4-5-2;2-1-4-3;;;;/h1-16H;4*1-15H;1-7,14-15H;1-9H;3-4H2,1-2H3;1,3H;;;;/q;;;;;;;;;2*+1;;-1/p-1. The normalized spacial score (nSPS) is 10.7. The van der Waals surface area contributed by atoms with Gasteiger partial charge in [-0.2, -0.15) is 0 Å². The van der Waals surface area contributed by atoms with E-state index in [0.29, 0.717) is 5.46 Å². The van der Waals surface area contributed by atoms with Crippen LogP contribution in [0.25, 0.3) is 33.4 Å². The topological polar surface area (TPSA) is 99.1 Å². The molecule has 0 spiro atoms. The van der Waals surface area contributed by atoms with E-state index in [-0.39, 0.29) is 131 Å². The van der Waals surface area contributed by atoms with Crippen molar-refractivity contribution in [1.82, 2.24) is 0 Å². The van der Waals surface area contributed by atoms with Crippen LogP contribution in [0.5, 0.6) is 0 Å². The van der Waals surface area contributed by atoms with E-state index < -0.39 is 38.8 Å². The van der Waals surface area contributed by atoms with E-state index in [1.54, 1.807) is 36.7 Å². The summed E-state index contributed by atoms with van der Waals surface area (Å²) in [6.45, 7) is 2.80. The van der Waals surface area contributed by atoms with Gasteiger partial charge in [0.1, 0.15) is 0 Å². The second-order valence-electron chi connectivity index (χ2n) is 31.4. The Bertz CT molecular complexity index is 6170. The van der Waals surface area contributed by atoms with Crippen molar-refractivity contribution < 1.29 is 154 Å². The van der Waals surface area contributed by atoms with Gasteiger partial charge in [0.2, 0.25) is 0 Å². The first-order valence-electron chi connectivity index (χ1n) is 46.1. The van der Waals surface area contributed by atoms with Gasteiger partial charge in [-0.1, -0.05) is 579 Å². The van der Waals surface area contributed by atoms with Crippen LogP contribution < -0.4 is 177 Å². The van der Waals surface area contributed by atoms with E-state index in [1.165, 1.54) is 122 Å². The smallest absolute Gasteiger partial charge is 1.00 e. The Morgan fingerprint density at radius 3 is 0.694 bits per heavy atom. The minimum atomic E-state index is -1.41. The second-order valence-corrected chi connectivity index (χ2v) is 45.4. The van der Waals surface area contributed by atoms with Gasteiger partial charge in [-0.25, -0.2) is 0 Å². The monoisotopic (exact) mass is 2230 g/mol. The summed E-state index contributed by atoms with van der Waals surface area (Å²) >= 11 is 10.4. The molecule has 0 saturated heterocycles. The Morgan fingerprint density at radius 1 is 0.271 bits per heavy atom. The average Bonchev–Trinajstić information content (AvgIpc) is 0.776. The Morgan fingerprint density at radius 2 is 0.465 bits per heavy atom. The van der Waals surface area contributed by atoms with Gasteiger partial charge < -0.3 is 26.4 Å². The van der Waals surface area contributed by atoms with Crippen LogP contribution in [-0.2, 0) is 34.8 Å². The summed E-state index contributed by atoms with van der Waals surface area (Å²) in [4.78, 5) is 21.1. The third kappa shape index (κ3) is 35.5. The minimum Gasteiger partial charge on any atom is -1.00 e. The SMILES string of the molecule is Brc1ccc(-c2ccccc2)cc1.CCCOC.O=CO[O-].OB(O)c1cccc2c1Sc1ccccc1S2.[H-].[K+].[K+].[Pd].c1ccc(-c2ccc(-c3cccc4c3Sc3ccccc3S4)cc2)cc1.c1ccc(P(c2ccccc2)c2ccccc2)cc1.c1ccc(P(c2ccccc2)c2ccccc2)cc1.c1ccc(P(c2ccccc2)c2ccccc2)cc1.c1ccc(P(c2ccccc2)c2ccccc2)cc1. The zero-order valence-corrected chi connectivity index (χ0v) is 96.6. The van der Waals surface area contributed by atoms with Gasteiger partial charge in [-0.05, 0) is 189 Å². The van der Waals surface area contributed by atoms with Crippen molar-refractivity contribution >= 4 is 177 Å². The molecule has 708 valence electrons. The number of carbonyl (C=O) groups excluding carboxylic acids is 1. The fourth-order valence-electron chi connectivity index (χ4n) is 15.2. The molecule has 0 saturated carbocycles. The summed E-state index contributed by atoms with van der Waals surface area (Å²) in [5.41, 5.74) is 8.19. The van der Waals surface area contributed by atoms with Crippen LogP contribution in [-0.4, -0.2) is 37.4 Å². The molecule has 0 bridgehead atoms. The van der Waals surface area contributed by atoms with Crippen LogP contribution in [0.15, 0.2) is 602 Å². The predicted octanol–water partition coefficient (Wildman–Crippen LogP) is 21.1. The summed E-state index contributed by atoms with van der Waals surface area (Å²) in [5.74, 6) is 0. The minimum absolute atomic E-state index is 0. The van der Waals surface area contributed by atoms with E-state index in [0.717, 1.165) is 32.2 Å². The molecule has 0 amide bonds. The van der Waals surface area contributed by atoms with Crippen LogP contribution in [0.3, 0.4) is 0 Å². The molecule has 22 rings (SSSR count). The fourth-order valence-corrected chi connectivity index (χ4v) is 29.5. The van der Waals surface area contributed by atoms with Gasteiger partial charge in [0.25, 0.3) is 6.47 Å². The molecule has 20 aromatic rings. The van der Waals surface area contributed by atoms with Crippen LogP contribution in [0, 0.1) is 0 Å². The van der Waals surface area contributed by atoms with Crippen molar-refractivity contribution in [2.24, 2.45) is 0 Å². The zero-order valence-electron chi connectivity index (χ0n) is 81.3. The second kappa shape index (κ2) is 65.2. The maximum absolute atomic E-state index is 9.36. The number of hydrogen-bond acceptors (Lipinski definition) is 10. The van der Waals surface area contributed by atoms with Crippen LogP contribution >= 0.6 is 94.7 Å². The number of fused-ring (bicyclic) bond motifs is 4. The zero-order chi connectivity index (χ0) is 97.5. The van der Waals surface area contributed by atoms with Crippen molar-refractivity contribution in [3.63, 3.8) is 0 Å². The molecule has 0 atom stereocenters. The maximum Gasteiger partial charge on any atom is 1.00 e. The first-order valence-corrected chi connectivity index (χ1v) is 55.6. The number of benzene rings is 20. The van der Waals surface area contributed by atoms with E-state index in [9.17, 15) is 10.0 Å². The van der Waals surface area contributed by atoms with Crippen molar-refractivity contribution in [3.05, 3.63) is 563 Å². The number of carbonyl (C=O) groups is 1. The summed E-state index contributed by atoms with van der Waals surface area (Å²) in [5, 5.41) is 43.9. The van der Waals surface area contributed by atoms with Gasteiger partial charge in [0.15, 0.2) is 0 Å². The van der Waals surface area contributed by atoms with E-state index in [4.69, 9.17) is 14.8 Å². The van der Waals surface area contributed by atoms with Crippen molar-refractivity contribution in [2.75, 3.05) is 13.7 Å². The quantitative estimate of drug-likeness (QED) is 0.0268. The summed E-state index contributed by atoms with van der Waals surface area (Å²) in [6, 6.07) is 197. The Kier molecular flexibility index (Phi) is 52.4. The summed E-state index contributed by atoms with van der Waals surface area (Å²) in [6.07, 6.45) is 1.12. The van der Waals surface area contributed by atoms with Crippen LogP contribution in [0.2, 0.25) is 0 Å². The number of methoxy groups -OCH3 is 1. The molecule has 19 heteroatoms. The Balaban J connectivity index is 0.000000171. The molecule has 6 nitrogen and oxygen atoms in total. The molecule has 0 aromatic heterocycles. The van der Waals surface area contributed by atoms with E-state index >= 15 is 0 Å². The average molecular weight is 2230 g/mol.